The summed E-state index contributed by atoms with van der Waals surface area (Å²) in [4.78, 5) is 29.0. The second-order valence-corrected chi connectivity index (χ2v) is 6.91. The number of nitrogens with zero attached hydrogens (tertiary/aromatic N) is 3. The number of primary amides is 2. The minimum atomic E-state index is -0.774. The first-order valence-corrected chi connectivity index (χ1v) is 9.16. The second-order valence-electron chi connectivity index (χ2n) is 6.91. The molecular weight excluding hydrogens is 385 g/mol. The molecule has 0 unspecified atom stereocenters. The van der Waals surface area contributed by atoms with Gasteiger partial charge in [0.15, 0.2) is 0 Å². The van der Waals surface area contributed by atoms with Gasteiger partial charge in [-0.2, -0.15) is 5.10 Å². The normalized spacial score (nSPS) is 11.0. The number of amides is 2. The number of aromatic nitrogens is 3. The van der Waals surface area contributed by atoms with Crippen molar-refractivity contribution in [1.82, 2.24) is 14.8 Å². The van der Waals surface area contributed by atoms with Crippen molar-refractivity contribution in [1.29, 1.82) is 0 Å². The molecule has 30 heavy (non-hydrogen) atoms. The van der Waals surface area contributed by atoms with Crippen LogP contribution in [0.5, 0.6) is 0 Å². The molecule has 150 valence electrons. The van der Waals surface area contributed by atoms with Crippen LogP contribution in [0.4, 0.5) is 4.39 Å². The molecular formula is C22H18FN5O2. The number of benzene rings is 2. The quantitative estimate of drug-likeness (QED) is 0.533. The highest BCUT2D eigenvalue weighted by atomic mass is 19.1. The third-order valence-corrected chi connectivity index (χ3v) is 4.85. The minimum Gasteiger partial charge on any atom is -0.366 e. The number of rotatable bonds is 5. The van der Waals surface area contributed by atoms with Crippen LogP contribution in [0, 0.1) is 12.7 Å². The third-order valence-electron chi connectivity index (χ3n) is 4.85. The van der Waals surface area contributed by atoms with E-state index in [1.807, 2.05) is 0 Å². The Morgan fingerprint density at radius 1 is 1.03 bits per heavy atom. The van der Waals surface area contributed by atoms with E-state index in [4.69, 9.17) is 11.5 Å². The summed E-state index contributed by atoms with van der Waals surface area (Å²) in [6, 6.07) is 13.0. The zero-order valence-electron chi connectivity index (χ0n) is 16.1. The number of carbonyl (C=O) groups is 2. The summed E-state index contributed by atoms with van der Waals surface area (Å²) in [6.07, 6.45) is 1.70. The van der Waals surface area contributed by atoms with Crippen LogP contribution in [0.3, 0.4) is 0 Å². The first-order valence-electron chi connectivity index (χ1n) is 9.16. The SMILES string of the molecule is Cc1nn(Cc2ccc(F)cc2)cc1-c1c(C(N)=O)nc2ccccc2c1C(N)=O. The van der Waals surface area contributed by atoms with Crippen molar-refractivity contribution in [2.75, 3.05) is 0 Å². The highest BCUT2D eigenvalue weighted by Gasteiger charge is 2.25. The molecule has 4 rings (SSSR count). The molecule has 0 aliphatic carbocycles. The van der Waals surface area contributed by atoms with Gasteiger partial charge in [-0.1, -0.05) is 30.3 Å². The maximum Gasteiger partial charge on any atom is 0.267 e. The molecule has 0 aliphatic heterocycles. The number of aryl methyl sites for hydroxylation is 1. The van der Waals surface area contributed by atoms with Crippen molar-refractivity contribution in [3.05, 3.63) is 83.1 Å². The van der Waals surface area contributed by atoms with E-state index in [1.165, 1.54) is 12.1 Å². The highest BCUT2D eigenvalue weighted by molar-refractivity contribution is 6.15. The van der Waals surface area contributed by atoms with Crippen LogP contribution in [0.2, 0.25) is 0 Å². The van der Waals surface area contributed by atoms with Crippen LogP contribution < -0.4 is 11.5 Å². The molecule has 0 bridgehead atoms. The molecule has 0 aliphatic rings. The Labute approximate surface area is 171 Å². The molecule has 4 aromatic rings. The average molecular weight is 403 g/mol. The predicted molar refractivity (Wildman–Crippen MR) is 110 cm³/mol. The van der Waals surface area contributed by atoms with Crippen molar-refractivity contribution < 1.29 is 14.0 Å². The molecule has 0 saturated heterocycles. The van der Waals surface area contributed by atoms with Gasteiger partial charge in [-0.25, -0.2) is 9.37 Å². The molecule has 7 nitrogen and oxygen atoms in total. The number of nitrogens with two attached hydrogens (primary N) is 2. The van der Waals surface area contributed by atoms with Crippen molar-refractivity contribution in [3.8, 4) is 11.1 Å². The van der Waals surface area contributed by atoms with Gasteiger partial charge in [-0.05, 0) is 30.7 Å². The van der Waals surface area contributed by atoms with Crippen molar-refractivity contribution >= 4 is 22.7 Å². The Morgan fingerprint density at radius 3 is 2.40 bits per heavy atom. The maximum absolute atomic E-state index is 13.2. The highest BCUT2D eigenvalue weighted by Crippen LogP contribution is 2.33. The van der Waals surface area contributed by atoms with Gasteiger partial charge in [0.05, 0.1) is 23.3 Å². The summed E-state index contributed by atoms with van der Waals surface area (Å²) in [7, 11) is 0. The lowest BCUT2D eigenvalue weighted by Crippen LogP contribution is -2.20. The van der Waals surface area contributed by atoms with E-state index < -0.39 is 11.8 Å². The number of carbonyl (C=O) groups excluding carboxylic acids is 2. The number of para-hydroxylation sites is 1. The molecule has 2 aromatic carbocycles. The van der Waals surface area contributed by atoms with Crippen molar-refractivity contribution in [3.63, 3.8) is 0 Å². The Kier molecular flexibility index (Phi) is 4.75. The van der Waals surface area contributed by atoms with Crippen LogP contribution in [-0.2, 0) is 6.54 Å². The average Bonchev–Trinajstić information content (AvgIpc) is 3.07. The first-order chi connectivity index (χ1) is 14.3. The molecule has 8 heteroatoms. The molecule has 4 N–H and O–H groups in total. The summed E-state index contributed by atoms with van der Waals surface area (Å²) in [5.41, 5.74) is 14.0. The fourth-order valence-electron chi connectivity index (χ4n) is 3.53. The summed E-state index contributed by atoms with van der Waals surface area (Å²) in [5, 5.41) is 5.00. The monoisotopic (exact) mass is 403 g/mol. The number of halogens is 1. The van der Waals surface area contributed by atoms with Crippen molar-refractivity contribution in [2.24, 2.45) is 11.5 Å². The molecule has 0 radical (unpaired) electrons. The Morgan fingerprint density at radius 2 is 1.73 bits per heavy atom. The molecule has 0 atom stereocenters. The van der Waals surface area contributed by atoms with E-state index >= 15 is 0 Å². The van der Waals surface area contributed by atoms with E-state index in [2.05, 4.69) is 10.1 Å². The lowest BCUT2D eigenvalue weighted by atomic mass is 9.94. The fraction of sp³-hybridized carbons (Fsp3) is 0.0909. The molecule has 0 spiro atoms. The number of hydrogen-bond donors (Lipinski definition) is 2. The number of fused-ring (bicyclic) bond motifs is 1. The van der Waals surface area contributed by atoms with Gasteiger partial charge in [-0.15, -0.1) is 0 Å². The van der Waals surface area contributed by atoms with Gasteiger partial charge in [0, 0.05) is 22.7 Å². The summed E-state index contributed by atoms with van der Waals surface area (Å²) in [5.74, 6) is -1.80. The smallest absolute Gasteiger partial charge is 0.267 e. The maximum atomic E-state index is 13.2. The van der Waals surface area contributed by atoms with Gasteiger partial charge in [0.1, 0.15) is 11.5 Å². The largest absolute Gasteiger partial charge is 0.366 e. The third kappa shape index (κ3) is 3.39. The van der Waals surface area contributed by atoms with Crippen LogP contribution in [-0.4, -0.2) is 26.6 Å². The van der Waals surface area contributed by atoms with Gasteiger partial charge in [0.25, 0.3) is 5.91 Å². The van der Waals surface area contributed by atoms with Gasteiger partial charge in [0.2, 0.25) is 5.91 Å². The summed E-state index contributed by atoms with van der Waals surface area (Å²) >= 11 is 0. The standard InChI is InChI=1S/C22H18FN5O2/c1-12-16(11-28(27-12)10-13-6-8-14(23)9-7-13)18-19(21(24)29)15-4-2-3-5-17(15)26-20(18)22(25)30/h2-9,11H,10H2,1H3,(H2,24,29)(H2,25,30). The summed E-state index contributed by atoms with van der Waals surface area (Å²) in [6.45, 7) is 2.13. The van der Waals surface area contributed by atoms with Crippen LogP contribution in [0.1, 0.15) is 32.1 Å². The molecule has 0 fully saturated rings. The Bertz CT molecular complexity index is 1300. The number of hydrogen-bond acceptors (Lipinski definition) is 4. The Hall–Kier alpha value is -4.07. The lowest BCUT2D eigenvalue weighted by molar-refractivity contribution is 0.0996. The second kappa shape index (κ2) is 7.40. The van der Waals surface area contributed by atoms with Crippen LogP contribution >= 0.6 is 0 Å². The zero-order chi connectivity index (χ0) is 21.4. The van der Waals surface area contributed by atoms with E-state index in [-0.39, 0.29) is 22.6 Å². The first kappa shape index (κ1) is 19.3. The fourth-order valence-corrected chi connectivity index (χ4v) is 3.53. The molecule has 2 aromatic heterocycles. The van der Waals surface area contributed by atoms with Gasteiger partial charge < -0.3 is 11.5 Å². The van der Waals surface area contributed by atoms with Gasteiger partial charge in [-0.3, -0.25) is 14.3 Å². The zero-order valence-corrected chi connectivity index (χ0v) is 16.1. The van der Waals surface area contributed by atoms with Crippen molar-refractivity contribution in [2.45, 2.75) is 13.5 Å². The minimum absolute atomic E-state index is 0.0491. The van der Waals surface area contributed by atoms with E-state index in [0.29, 0.717) is 28.7 Å². The Balaban J connectivity index is 1.92. The molecule has 2 heterocycles. The van der Waals surface area contributed by atoms with E-state index in [0.717, 1.165) is 5.56 Å². The predicted octanol–water partition coefficient (Wildman–Crippen LogP) is 2.79. The van der Waals surface area contributed by atoms with Gasteiger partial charge >= 0.3 is 0 Å². The topological polar surface area (TPSA) is 117 Å². The van der Waals surface area contributed by atoms with E-state index in [1.54, 1.807) is 54.2 Å². The molecule has 2 amide bonds. The summed E-state index contributed by atoms with van der Waals surface area (Å²) < 4.78 is 14.8. The number of pyridine rings is 1. The van der Waals surface area contributed by atoms with E-state index in [9.17, 15) is 14.0 Å². The molecule has 0 saturated carbocycles. The van der Waals surface area contributed by atoms with Crippen LogP contribution in [0.25, 0.3) is 22.0 Å². The lowest BCUT2D eigenvalue weighted by Gasteiger charge is -2.13. The van der Waals surface area contributed by atoms with Crippen LogP contribution in [0.15, 0.2) is 54.7 Å².